The predicted molar refractivity (Wildman–Crippen MR) is 104 cm³/mol. The molecule has 0 bridgehead atoms. The van der Waals surface area contributed by atoms with Crippen LogP contribution in [0.2, 0.25) is 0 Å². The molecule has 7 heteroatoms. The summed E-state index contributed by atoms with van der Waals surface area (Å²) >= 11 is 1.99. The van der Waals surface area contributed by atoms with Crippen molar-refractivity contribution >= 4 is 23.4 Å². The van der Waals surface area contributed by atoms with Crippen LogP contribution < -0.4 is 10.1 Å². The van der Waals surface area contributed by atoms with E-state index in [4.69, 9.17) is 4.74 Å². The summed E-state index contributed by atoms with van der Waals surface area (Å²) in [6.07, 6.45) is 1.08. The molecule has 0 aliphatic carbocycles. The summed E-state index contributed by atoms with van der Waals surface area (Å²) in [6.45, 7) is 3.56. The van der Waals surface area contributed by atoms with Crippen LogP contribution in [0.3, 0.4) is 0 Å². The average Bonchev–Trinajstić information content (AvgIpc) is 3.17. The van der Waals surface area contributed by atoms with Gasteiger partial charge in [-0.05, 0) is 43.7 Å². The number of methoxy groups -OCH3 is 1. The van der Waals surface area contributed by atoms with Crippen molar-refractivity contribution in [3.05, 3.63) is 41.7 Å². The Morgan fingerprint density at radius 3 is 2.69 bits per heavy atom. The predicted octanol–water partition coefficient (Wildman–Crippen LogP) is 2.55. The zero-order valence-corrected chi connectivity index (χ0v) is 16.2. The molecule has 1 unspecified atom stereocenters. The molecule has 2 aliphatic heterocycles. The zero-order valence-electron chi connectivity index (χ0n) is 15.4. The molecule has 2 aliphatic rings. The summed E-state index contributed by atoms with van der Waals surface area (Å²) < 4.78 is 7.08. The smallest absolute Gasteiger partial charge is 0.272 e. The van der Waals surface area contributed by atoms with Crippen LogP contribution >= 0.6 is 11.8 Å². The van der Waals surface area contributed by atoms with E-state index in [0.717, 1.165) is 42.4 Å². The number of hydrogen-bond acceptors (Lipinski definition) is 5. The molecule has 0 radical (unpaired) electrons. The Labute approximate surface area is 157 Å². The van der Waals surface area contributed by atoms with Crippen molar-refractivity contribution in [3.63, 3.8) is 0 Å². The van der Waals surface area contributed by atoms with Crippen molar-refractivity contribution in [3.8, 4) is 5.75 Å². The third kappa shape index (κ3) is 3.16. The molecule has 2 fully saturated rings. The highest BCUT2D eigenvalue weighted by Crippen LogP contribution is 2.46. The van der Waals surface area contributed by atoms with Gasteiger partial charge in [0.25, 0.3) is 5.91 Å². The molecular formula is C19H24N4O2S. The number of ether oxygens (including phenoxy) is 1. The molecule has 26 heavy (non-hydrogen) atoms. The largest absolute Gasteiger partial charge is 0.497 e. The molecule has 2 aromatic rings. The van der Waals surface area contributed by atoms with E-state index in [1.807, 2.05) is 48.8 Å². The summed E-state index contributed by atoms with van der Waals surface area (Å²) in [7, 11) is 3.51. The maximum atomic E-state index is 12.7. The Morgan fingerprint density at radius 2 is 2.08 bits per heavy atom. The van der Waals surface area contributed by atoms with Crippen LogP contribution in [0.4, 0.5) is 5.69 Å². The molecule has 1 atom stereocenters. The first-order valence-electron chi connectivity index (χ1n) is 8.82. The fourth-order valence-electron chi connectivity index (χ4n) is 3.85. The molecule has 1 N–H and O–H groups in total. The van der Waals surface area contributed by atoms with Crippen molar-refractivity contribution in [2.75, 3.05) is 31.3 Å². The van der Waals surface area contributed by atoms with Crippen molar-refractivity contribution in [1.82, 2.24) is 14.7 Å². The lowest BCUT2D eigenvalue weighted by Gasteiger charge is -2.47. The molecule has 3 heterocycles. The lowest BCUT2D eigenvalue weighted by atomic mass is 9.91. The first-order chi connectivity index (χ1) is 12.5. The van der Waals surface area contributed by atoms with E-state index in [9.17, 15) is 4.79 Å². The minimum Gasteiger partial charge on any atom is -0.497 e. The van der Waals surface area contributed by atoms with Gasteiger partial charge in [-0.1, -0.05) is 0 Å². The van der Waals surface area contributed by atoms with Crippen molar-refractivity contribution in [1.29, 1.82) is 0 Å². The van der Waals surface area contributed by atoms with Gasteiger partial charge in [-0.25, -0.2) is 0 Å². The first-order valence-corrected chi connectivity index (χ1v) is 9.81. The Kier molecular flexibility index (Phi) is 4.34. The SMILES string of the molecule is COc1ccc(NC2CSC3(C2)CN(C(=O)c2cc(C)nn2C)C3)cc1. The van der Waals surface area contributed by atoms with Crippen LogP contribution in [0.5, 0.6) is 5.75 Å². The van der Waals surface area contributed by atoms with Gasteiger partial charge in [0.05, 0.1) is 17.6 Å². The van der Waals surface area contributed by atoms with Crippen LogP contribution in [0.15, 0.2) is 30.3 Å². The Morgan fingerprint density at radius 1 is 1.35 bits per heavy atom. The third-order valence-corrected chi connectivity index (χ3v) is 6.74. The normalized spacial score (nSPS) is 20.9. The highest BCUT2D eigenvalue weighted by molar-refractivity contribution is 8.01. The number of nitrogens with zero attached hydrogens (tertiary/aromatic N) is 3. The molecule has 4 rings (SSSR count). The summed E-state index contributed by atoms with van der Waals surface area (Å²) in [5.74, 6) is 2.02. The van der Waals surface area contributed by atoms with E-state index in [2.05, 4.69) is 22.5 Å². The topological polar surface area (TPSA) is 59.4 Å². The number of aryl methyl sites for hydroxylation is 2. The van der Waals surface area contributed by atoms with Gasteiger partial charge in [0.15, 0.2) is 0 Å². The van der Waals surface area contributed by atoms with Gasteiger partial charge < -0.3 is 15.0 Å². The second-order valence-electron chi connectivity index (χ2n) is 7.22. The van der Waals surface area contributed by atoms with Crippen molar-refractivity contribution in [2.24, 2.45) is 7.05 Å². The number of rotatable bonds is 4. The highest BCUT2D eigenvalue weighted by Gasteiger charge is 2.51. The number of anilines is 1. The maximum absolute atomic E-state index is 12.7. The van der Waals surface area contributed by atoms with Crippen LogP contribution in [0, 0.1) is 6.92 Å². The highest BCUT2D eigenvalue weighted by atomic mass is 32.2. The van der Waals surface area contributed by atoms with Gasteiger partial charge >= 0.3 is 0 Å². The third-order valence-electron chi connectivity index (χ3n) is 5.14. The van der Waals surface area contributed by atoms with E-state index in [1.165, 1.54) is 0 Å². The summed E-state index contributed by atoms with van der Waals surface area (Å²) in [4.78, 5) is 14.6. The van der Waals surface area contributed by atoms with Gasteiger partial charge in [-0.15, -0.1) is 11.8 Å². The number of carbonyl (C=O) groups excluding carboxylic acids is 1. The monoisotopic (exact) mass is 372 g/mol. The number of likely N-dealkylation sites (tertiary alicyclic amines) is 1. The van der Waals surface area contributed by atoms with Gasteiger partial charge in [-0.3, -0.25) is 9.48 Å². The van der Waals surface area contributed by atoms with E-state index in [1.54, 1.807) is 11.8 Å². The minimum absolute atomic E-state index is 0.0888. The zero-order chi connectivity index (χ0) is 18.3. The summed E-state index contributed by atoms with van der Waals surface area (Å²) in [5.41, 5.74) is 2.67. The van der Waals surface area contributed by atoms with E-state index >= 15 is 0 Å². The first kappa shape index (κ1) is 17.3. The number of nitrogens with one attached hydrogen (secondary N) is 1. The Bertz CT molecular complexity index is 811. The second-order valence-corrected chi connectivity index (χ2v) is 8.71. The molecule has 1 aromatic carbocycles. The number of aromatic nitrogens is 2. The number of carbonyl (C=O) groups is 1. The average molecular weight is 372 g/mol. The van der Waals surface area contributed by atoms with Crippen molar-refractivity contribution < 1.29 is 9.53 Å². The fraction of sp³-hybridized carbons (Fsp3) is 0.474. The molecule has 1 spiro atoms. The van der Waals surface area contributed by atoms with Crippen molar-refractivity contribution in [2.45, 2.75) is 24.1 Å². The molecule has 138 valence electrons. The Balaban J connectivity index is 1.33. The van der Waals surface area contributed by atoms with Crippen LogP contribution in [0.25, 0.3) is 0 Å². The molecule has 2 saturated heterocycles. The fourth-order valence-corrected chi connectivity index (χ4v) is 5.42. The van der Waals surface area contributed by atoms with E-state index < -0.39 is 0 Å². The lowest BCUT2D eigenvalue weighted by molar-refractivity contribution is 0.0546. The lowest BCUT2D eigenvalue weighted by Crippen LogP contribution is -2.61. The maximum Gasteiger partial charge on any atom is 0.272 e. The minimum atomic E-state index is 0.0888. The number of thioether (sulfide) groups is 1. The van der Waals surface area contributed by atoms with Gasteiger partial charge in [0, 0.05) is 37.6 Å². The molecule has 0 saturated carbocycles. The van der Waals surface area contributed by atoms with Crippen LogP contribution in [-0.2, 0) is 7.05 Å². The number of amides is 1. The number of benzene rings is 1. The summed E-state index contributed by atoms with van der Waals surface area (Å²) in [6, 6.07) is 10.3. The Hall–Kier alpha value is -2.15. The van der Waals surface area contributed by atoms with Gasteiger partial charge in [-0.2, -0.15) is 5.10 Å². The standard InChI is InChI=1S/C19H24N4O2S/c1-13-8-17(22(2)21-13)18(24)23-11-19(12-23)9-15(10-26-19)20-14-4-6-16(25-3)7-5-14/h4-8,15,20H,9-12H2,1-3H3. The summed E-state index contributed by atoms with van der Waals surface area (Å²) in [5, 5.41) is 7.89. The quantitative estimate of drug-likeness (QED) is 0.894. The second kappa shape index (κ2) is 6.54. The molecular weight excluding hydrogens is 348 g/mol. The number of hydrogen-bond donors (Lipinski definition) is 1. The molecule has 1 aromatic heterocycles. The van der Waals surface area contributed by atoms with E-state index in [0.29, 0.717) is 11.7 Å². The molecule has 1 amide bonds. The van der Waals surface area contributed by atoms with Crippen LogP contribution in [-0.4, -0.2) is 57.3 Å². The van der Waals surface area contributed by atoms with E-state index in [-0.39, 0.29) is 10.7 Å². The van der Waals surface area contributed by atoms with Gasteiger partial charge in [0.2, 0.25) is 0 Å². The van der Waals surface area contributed by atoms with Gasteiger partial charge in [0.1, 0.15) is 11.4 Å². The molecule has 6 nitrogen and oxygen atoms in total. The van der Waals surface area contributed by atoms with Crippen LogP contribution in [0.1, 0.15) is 22.6 Å².